The number of nitrogens with zero attached hydrogens (tertiary/aromatic N) is 2. The van der Waals surface area contributed by atoms with Crippen LogP contribution in [0.5, 0.6) is 0 Å². The first-order chi connectivity index (χ1) is 11.6. The van der Waals surface area contributed by atoms with Crippen molar-refractivity contribution in [3.8, 4) is 0 Å². The summed E-state index contributed by atoms with van der Waals surface area (Å²) in [7, 11) is 2.16. The highest BCUT2D eigenvalue weighted by Gasteiger charge is 2.17. The van der Waals surface area contributed by atoms with E-state index in [1.165, 1.54) is 30.5 Å². The number of hydrogen-bond acceptors (Lipinski definition) is 3. The maximum atomic E-state index is 12.3. The Balaban J connectivity index is 1.61. The van der Waals surface area contributed by atoms with Crippen LogP contribution in [0.15, 0.2) is 18.2 Å². The number of hydrogen-bond donors (Lipinski definition) is 2. The van der Waals surface area contributed by atoms with Gasteiger partial charge < -0.3 is 20.4 Å². The molecule has 2 N–H and O–H groups in total. The molecule has 5 nitrogen and oxygen atoms in total. The van der Waals surface area contributed by atoms with Gasteiger partial charge in [0, 0.05) is 43.6 Å². The van der Waals surface area contributed by atoms with E-state index in [4.69, 9.17) is 0 Å². The Hall–Kier alpha value is -1.75. The summed E-state index contributed by atoms with van der Waals surface area (Å²) in [5, 5.41) is 6.15. The lowest BCUT2D eigenvalue weighted by molar-refractivity contribution is 0.244. The number of benzene rings is 1. The molecule has 3 rings (SSSR count). The molecule has 1 aliphatic heterocycles. The third kappa shape index (κ3) is 4.63. The third-order valence-corrected chi connectivity index (χ3v) is 5.13. The van der Waals surface area contributed by atoms with Gasteiger partial charge in [-0.3, -0.25) is 0 Å². The first-order valence-electron chi connectivity index (χ1n) is 9.23. The molecule has 0 atom stereocenters. The molecule has 1 heterocycles. The van der Waals surface area contributed by atoms with Gasteiger partial charge in [-0.2, -0.15) is 0 Å². The topological polar surface area (TPSA) is 47.6 Å². The molecule has 0 spiro atoms. The molecule has 5 heteroatoms. The minimum atomic E-state index is -0.0724. The summed E-state index contributed by atoms with van der Waals surface area (Å²) in [5.74, 6) is 0. The van der Waals surface area contributed by atoms with Crippen molar-refractivity contribution in [3.63, 3.8) is 0 Å². The average molecular weight is 330 g/mol. The van der Waals surface area contributed by atoms with Crippen LogP contribution in [0.3, 0.4) is 0 Å². The van der Waals surface area contributed by atoms with Crippen LogP contribution in [0, 0.1) is 6.92 Å². The van der Waals surface area contributed by atoms with E-state index in [1.54, 1.807) is 0 Å². The van der Waals surface area contributed by atoms with Gasteiger partial charge in [-0.15, -0.1) is 0 Å². The summed E-state index contributed by atoms with van der Waals surface area (Å²) in [6, 6.07) is 6.60. The van der Waals surface area contributed by atoms with Crippen LogP contribution in [-0.2, 0) is 0 Å². The number of anilines is 2. The van der Waals surface area contributed by atoms with Crippen molar-refractivity contribution in [1.29, 1.82) is 0 Å². The molecule has 1 saturated carbocycles. The molecule has 24 heavy (non-hydrogen) atoms. The van der Waals surface area contributed by atoms with Crippen molar-refractivity contribution in [2.24, 2.45) is 0 Å². The molecule has 1 aromatic carbocycles. The van der Waals surface area contributed by atoms with Gasteiger partial charge in [0.2, 0.25) is 0 Å². The molecule has 0 aromatic heterocycles. The zero-order valence-corrected chi connectivity index (χ0v) is 15.0. The summed E-state index contributed by atoms with van der Waals surface area (Å²) >= 11 is 0. The van der Waals surface area contributed by atoms with E-state index in [-0.39, 0.29) is 6.03 Å². The Kier molecular flexibility index (Phi) is 5.61. The van der Waals surface area contributed by atoms with Crippen LogP contribution >= 0.6 is 0 Å². The number of piperazine rings is 1. The number of rotatable bonds is 3. The average Bonchev–Trinajstić information content (AvgIpc) is 2.55. The lowest BCUT2D eigenvalue weighted by Crippen LogP contribution is -2.44. The van der Waals surface area contributed by atoms with Crippen molar-refractivity contribution in [1.82, 2.24) is 10.2 Å². The van der Waals surface area contributed by atoms with Gasteiger partial charge in [0.15, 0.2) is 0 Å². The first-order valence-corrected chi connectivity index (χ1v) is 9.23. The maximum absolute atomic E-state index is 12.3. The highest BCUT2D eigenvalue weighted by atomic mass is 16.2. The fraction of sp³-hybridized carbons (Fsp3) is 0.632. The largest absolute Gasteiger partial charge is 0.369 e. The molecular formula is C19H30N4O. The molecule has 0 bridgehead atoms. The monoisotopic (exact) mass is 330 g/mol. The number of likely N-dealkylation sites (N-methyl/N-ethyl adjacent to an activating group) is 1. The summed E-state index contributed by atoms with van der Waals surface area (Å²) in [5.41, 5.74) is 3.27. The van der Waals surface area contributed by atoms with Crippen LogP contribution in [0.2, 0.25) is 0 Å². The number of urea groups is 1. The highest BCUT2D eigenvalue weighted by Crippen LogP contribution is 2.24. The van der Waals surface area contributed by atoms with E-state index < -0.39 is 0 Å². The zero-order valence-electron chi connectivity index (χ0n) is 15.0. The quantitative estimate of drug-likeness (QED) is 0.895. The summed E-state index contributed by atoms with van der Waals surface area (Å²) in [6.45, 7) is 6.32. The summed E-state index contributed by atoms with van der Waals surface area (Å²) in [4.78, 5) is 17.0. The van der Waals surface area contributed by atoms with Crippen LogP contribution in [0.1, 0.15) is 37.7 Å². The van der Waals surface area contributed by atoms with E-state index in [9.17, 15) is 4.79 Å². The number of nitrogens with one attached hydrogen (secondary N) is 2. The molecule has 1 aromatic rings. The molecule has 2 fully saturated rings. The third-order valence-electron chi connectivity index (χ3n) is 5.13. The minimum Gasteiger partial charge on any atom is -0.369 e. The van der Waals surface area contributed by atoms with Gasteiger partial charge in [-0.25, -0.2) is 4.79 Å². The lowest BCUT2D eigenvalue weighted by atomic mass is 9.96. The van der Waals surface area contributed by atoms with Crippen LogP contribution in [0.25, 0.3) is 0 Å². The van der Waals surface area contributed by atoms with Crippen molar-refractivity contribution in [2.45, 2.75) is 45.1 Å². The second kappa shape index (κ2) is 7.88. The van der Waals surface area contributed by atoms with Gasteiger partial charge >= 0.3 is 6.03 Å². The van der Waals surface area contributed by atoms with Gasteiger partial charge in [0.1, 0.15) is 0 Å². The van der Waals surface area contributed by atoms with Gasteiger partial charge in [-0.1, -0.05) is 19.3 Å². The molecule has 0 radical (unpaired) electrons. The predicted octanol–water partition coefficient (Wildman–Crippen LogP) is 3.20. The summed E-state index contributed by atoms with van der Waals surface area (Å²) in [6.07, 6.45) is 5.96. The molecule has 132 valence electrons. The SMILES string of the molecule is Cc1cc(NC(=O)NC2CCCCC2)cc(N2CCN(C)CC2)c1. The maximum Gasteiger partial charge on any atom is 0.319 e. The van der Waals surface area contributed by atoms with Crippen molar-refractivity contribution < 1.29 is 4.79 Å². The first kappa shape index (κ1) is 17.1. The second-order valence-corrected chi connectivity index (χ2v) is 7.28. The van der Waals surface area contributed by atoms with Crippen molar-refractivity contribution in [2.75, 3.05) is 43.4 Å². The molecule has 1 aliphatic carbocycles. The summed E-state index contributed by atoms with van der Waals surface area (Å²) < 4.78 is 0. The smallest absolute Gasteiger partial charge is 0.319 e. The number of carbonyl (C=O) groups excluding carboxylic acids is 1. The van der Waals surface area contributed by atoms with E-state index in [1.807, 2.05) is 6.07 Å². The molecule has 1 saturated heterocycles. The molecular weight excluding hydrogens is 300 g/mol. The van der Waals surface area contributed by atoms with Gasteiger partial charge in [-0.05, 0) is 50.6 Å². The Morgan fingerprint density at radius 2 is 1.75 bits per heavy atom. The number of amides is 2. The Morgan fingerprint density at radius 3 is 2.46 bits per heavy atom. The van der Waals surface area contributed by atoms with E-state index in [0.29, 0.717) is 6.04 Å². The van der Waals surface area contributed by atoms with E-state index in [2.05, 4.69) is 46.5 Å². The normalized spacial score (nSPS) is 20.0. The van der Waals surface area contributed by atoms with Crippen molar-refractivity contribution in [3.05, 3.63) is 23.8 Å². The van der Waals surface area contributed by atoms with Gasteiger partial charge in [0.05, 0.1) is 0 Å². The Labute approximate surface area is 145 Å². The fourth-order valence-corrected chi connectivity index (χ4v) is 3.68. The number of carbonyl (C=O) groups is 1. The standard InChI is InChI=1S/C19H30N4O/c1-15-12-17(21-19(24)20-16-6-4-3-5-7-16)14-18(13-15)23-10-8-22(2)9-11-23/h12-14,16H,3-11H2,1-2H3,(H2,20,21,24). The van der Waals surface area contributed by atoms with Gasteiger partial charge in [0.25, 0.3) is 0 Å². The molecule has 2 aliphatic rings. The fourth-order valence-electron chi connectivity index (χ4n) is 3.68. The second-order valence-electron chi connectivity index (χ2n) is 7.28. The predicted molar refractivity (Wildman–Crippen MR) is 99.9 cm³/mol. The lowest BCUT2D eigenvalue weighted by Gasteiger charge is -2.34. The zero-order chi connectivity index (χ0) is 16.9. The van der Waals surface area contributed by atoms with Crippen LogP contribution in [0.4, 0.5) is 16.2 Å². The van der Waals surface area contributed by atoms with E-state index in [0.717, 1.165) is 44.7 Å². The van der Waals surface area contributed by atoms with E-state index >= 15 is 0 Å². The highest BCUT2D eigenvalue weighted by molar-refractivity contribution is 5.90. The van der Waals surface area contributed by atoms with Crippen LogP contribution in [-0.4, -0.2) is 50.2 Å². The minimum absolute atomic E-state index is 0.0724. The Bertz CT molecular complexity index is 560. The molecule has 2 amide bonds. The van der Waals surface area contributed by atoms with Crippen LogP contribution < -0.4 is 15.5 Å². The number of aryl methyl sites for hydroxylation is 1. The molecule has 0 unspecified atom stereocenters. The Morgan fingerprint density at radius 1 is 1.04 bits per heavy atom. The van der Waals surface area contributed by atoms with Crippen molar-refractivity contribution >= 4 is 17.4 Å².